The van der Waals surface area contributed by atoms with Crippen LogP contribution in [0.4, 0.5) is 0 Å². The first-order chi connectivity index (χ1) is 11.0. The van der Waals surface area contributed by atoms with Gasteiger partial charge in [-0.25, -0.2) is 4.98 Å². The van der Waals surface area contributed by atoms with Gasteiger partial charge in [0.2, 0.25) is 0 Å². The molecular weight excluding hydrogens is 310 g/mol. The zero-order chi connectivity index (χ0) is 16.1. The second-order valence-corrected chi connectivity index (χ2v) is 7.76. The Labute approximate surface area is 138 Å². The maximum Gasteiger partial charge on any atom is 0.265 e. The summed E-state index contributed by atoms with van der Waals surface area (Å²) in [6.07, 6.45) is 1.06. The summed E-state index contributed by atoms with van der Waals surface area (Å²) < 4.78 is 1.89. The van der Waals surface area contributed by atoms with Crippen molar-refractivity contribution in [2.75, 3.05) is 13.1 Å². The summed E-state index contributed by atoms with van der Waals surface area (Å²) >= 11 is 1.47. The highest BCUT2D eigenvalue weighted by Gasteiger charge is 2.37. The molecule has 5 nitrogen and oxygen atoms in total. The van der Waals surface area contributed by atoms with Crippen LogP contribution in [0, 0.1) is 19.8 Å². The third-order valence-electron chi connectivity index (χ3n) is 4.86. The normalized spacial score (nSPS) is 22.8. The molecule has 0 aliphatic carbocycles. The van der Waals surface area contributed by atoms with E-state index in [0.717, 1.165) is 40.8 Å². The van der Waals surface area contributed by atoms with Crippen molar-refractivity contribution in [2.24, 2.45) is 5.92 Å². The Kier molecular flexibility index (Phi) is 3.37. The number of nitrogens with zero attached hydrogens (tertiary/aromatic N) is 3. The number of carbonyl (C=O) groups excluding carboxylic acids is 1. The minimum absolute atomic E-state index is 0.0749. The lowest BCUT2D eigenvalue weighted by atomic mass is 9.83. The Morgan fingerprint density at radius 3 is 2.83 bits per heavy atom. The number of rotatable bonds is 1. The maximum absolute atomic E-state index is 12.9. The lowest BCUT2D eigenvalue weighted by molar-refractivity contribution is 0.0598. The molecule has 0 unspecified atom stereocenters. The second-order valence-electron chi connectivity index (χ2n) is 6.56. The van der Waals surface area contributed by atoms with Gasteiger partial charge in [0.15, 0.2) is 0 Å². The fraction of sp³-hybridized carbons (Fsp3) is 0.471. The molecule has 0 radical (unpaired) electrons. The average molecular weight is 329 g/mol. The number of aromatic nitrogens is 2. The molecule has 4 heterocycles. The summed E-state index contributed by atoms with van der Waals surface area (Å²) in [5.41, 5.74) is 1.97. The molecule has 1 fully saturated rings. The van der Waals surface area contributed by atoms with Crippen LogP contribution in [0.15, 0.2) is 23.0 Å². The predicted octanol–water partition coefficient (Wildman–Crippen LogP) is 2.18. The van der Waals surface area contributed by atoms with Crippen LogP contribution in [0.2, 0.25) is 0 Å². The molecule has 2 bridgehead atoms. The number of hydrogen-bond donors (Lipinski definition) is 0. The van der Waals surface area contributed by atoms with Gasteiger partial charge in [0.1, 0.15) is 4.88 Å². The fourth-order valence-corrected chi connectivity index (χ4v) is 4.82. The fourth-order valence-electron chi connectivity index (χ4n) is 3.94. The Balaban J connectivity index is 1.65. The maximum atomic E-state index is 12.9. The van der Waals surface area contributed by atoms with Gasteiger partial charge in [-0.05, 0) is 32.3 Å². The Morgan fingerprint density at radius 1 is 1.26 bits per heavy atom. The van der Waals surface area contributed by atoms with Gasteiger partial charge >= 0.3 is 0 Å². The van der Waals surface area contributed by atoms with E-state index in [9.17, 15) is 9.59 Å². The summed E-state index contributed by atoms with van der Waals surface area (Å²) in [5, 5.41) is 0.931. The highest BCUT2D eigenvalue weighted by Crippen LogP contribution is 2.36. The van der Waals surface area contributed by atoms with E-state index in [4.69, 9.17) is 0 Å². The van der Waals surface area contributed by atoms with Gasteiger partial charge in [-0.15, -0.1) is 11.3 Å². The van der Waals surface area contributed by atoms with Crippen molar-refractivity contribution in [1.82, 2.24) is 14.5 Å². The molecule has 0 saturated carbocycles. The van der Waals surface area contributed by atoms with E-state index in [2.05, 4.69) is 4.98 Å². The number of fused-ring (bicyclic) bond motifs is 4. The molecule has 2 aliphatic heterocycles. The number of aryl methyl sites for hydroxylation is 2. The molecule has 6 heteroatoms. The third kappa shape index (κ3) is 2.41. The van der Waals surface area contributed by atoms with Crippen molar-refractivity contribution < 1.29 is 4.79 Å². The van der Waals surface area contributed by atoms with Crippen LogP contribution in [-0.4, -0.2) is 33.4 Å². The van der Waals surface area contributed by atoms with Crippen LogP contribution >= 0.6 is 11.3 Å². The molecule has 1 saturated heterocycles. The number of carbonyl (C=O) groups is 1. The van der Waals surface area contributed by atoms with Gasteiger partial charge in [0.05, 0.1) is 10.7 Å². The van der Waals surface area contributed by atoms with Crippen LogP contribution in [0.3, 0.4) is 0 Å². The van der Waals surface area contributed by atoms with E-state index in [1.165, 1.54) is 11.3 Å². The number of amides is 1. The highest BCUT2D eigenvalue weighted by molar-refractivity contribution is 7.13. The first-order valence-electron chi connectivity index (χ1n) is 7.96. The van der Waals surface area contributed by atoms with Gasteiger partial charge in [-0.3, -0.25) is 9.59 Å². The number of thiazole rings is 1. The molecule has 0 N–H and O–H groups in total. The molecule has 23 heavy (non-hydrogen) atoms. The summed E-state index contributed by atoms with van der Waals surface area (Å²) in [5.74, 6) is 0.712. The summed E-state index contributed by atoms with van der Waals surface area (Å²) in [6.45, 7) is 5.97. The molecule has 1 amide bonds. The monoisotopic (exact) mass is 329 g/mol. The first-order valence-corrected chi connectivity index (χ1v) is 8.77. The van der Waals surface area contributed by atoms with E-state index in [1.807, 2.05) is 35.4 Å². The van der Waals surface area contributed by atoms with Gasteiger partial charge < -0.3 is 9.47 Å². The van der Waals surface area contributed by atoms with Crippen molar-refractivity contribution in [1.29, 1.82) is 0 Å². The van der Waals surface area contributed by atoms with Crippen LogP contribution < -0.4 is 5.56 Å². The molecule has 4 rings (SSSR count). The zero-order valence-corrected chi connectivity index (χ0v) is 14.1. The Morgan fingerprint density at radius 2 is 2.09 bits per heavy atom. The number of pyridine rings is 1. The van der Waals surface area contributed by atoms with Crippen LogP contribution in [-0.2, 0) is 6.54 Å². The highest BCUT2D eigenvalue weighted by atomic mass is 32.1. The number of hydrogen-bond acceptors (Lipinski definition) is 4. The zero-order valence-electron chi connectivity index (χ0n) is 13.3. The second kappa shape index (κ2) is 5.30. The minimum atomic E-state index is 0.0749. The quantitative estimate of drug-likeness (QED) is 0.806. The smallest absolute Gasteiger partial charge is 0.265 e. The number of likely N-dealkylation sites (tertiary alicyclic amines) is 1. The van der Waals surface area contributed by atoms with Crippen LogP contribution in [0.25, 0.3) is 0 Å². The molecule has 2 aliphatic rings. The topological polar surface area (TPSA) is 55.2 Å². The summed E-state index contributed by atoms with van der Waals surface area (Å²) in [4.78, 5) is 32.0. The largest absolute Gasteiger partial charge is 0.337 e. The first kappa shape index (κ1) is 14.6. The van der Waals surface area contributed by atoms with E-state index in [1.54, 1.807) is 6.07 Å². The van der Waals surface area contributed by atoms with E-state index in [0.29, 0.717) is 12.5 Å². The van der Waals surface area contributed by atoms with Crippen molar-refractivity contribution in [3.8, 4) is 0 Å². The van der Waals surface area contributed by atoms with Crippen molar-refractivity contribution in [3.63, 3.8) is 0 Å². The van der Waals surface area contributed by atoms with Crippen LogP contribution in [0.1, 0.15) is 38.4 Å². The van der Waals surface area contributed by atoms with Gasteiger partial charge in [0, 0.05) is 37.3 Å². The summed E-state index contributed by atoms with van der Waals surface area (Å²) in [7, 11) is 0. The van der Waals surface area contributed by atoms with Gasteiger partial charge in [0.25, 0.3) is 11.5 Å². The number of piperidine rings is 1. The lowest BCUT2D eigenvalue weighted by Gasteiger charge is -2.42. The van der Waals surface area contributed by atoms with E-state index >= 15 is 0 Å². The predicted molar refractivity (Wildman–Crippen MR) is 89.0 cm³/mol. The summed E-state index contributed by atoms with van der Waals surface area (Å²) in [6, 6.07) is 5.47. The molecule has 2 aromatic rings. The minimum Gasteiger partial charge on any atom is -0.337 e. The van der Waals surface area contributed by atoms with Crippen molar-refractivity contribution in [3.05, 3.63) is 49.8 Å². The van der Waals surface area contributed by atoms with E-state index in [-0.39, 0.29) is 17.4 Å². The van der Waals surface area contributed by atoms with Gasteiger partial charge in [-0.1, -0.05) is 6.07 Å². The Hall–Kier alpha value is -1.95. The van der Waals surface area contributed by atoms with Gasteiger partial charge in [-0.2, -0.15) is 0 Å². The third-order valence-corrected chi connectivity index (χ3v) is 5.93. The average Bonchev–Trinajstić information content (AvgIpc) is 2.86. The van der Waals surface area contributed by atoms with Crippen molar-refractivity contribution in [2.45, 2.75) is 32.7 Å². The molecule has 2 atom stereocenters. The molecule has 120 valence electrons. The Bertz CT molecular complexity index is 839. The lowest BCUT2D eigenvalue weighted by Crippen LogP contribution is -2.49. The SMILES string of the molecule is Cc1nc(C)c(C(=O)N2C[C@@H]3C[C@H](C2)c2cccc(=O)n2C3)s1. The van der Waals surface area contributed by atoms with Crippen LogP contribution in [0.5, 0.6) is 0 Å². The molecule has 0 aromatic carbocycles. The van der Waals surface area contributed by atoms with Crippen molar-refractivity contribution >= 4 is 17.2 Å². The molecular formula is C17H19N3O2S. The molecule has 2 aromatic heterocycles. The molecule has 0 spiro atoms. The standard InChI is InChI=1S/C17H19N3O2S/c1-10-16(23-11(2)18-10)17(22)19-7-12-6-13(9-19)14-4-3-5-15(21)20(14)8-12/h3-5,12-13H,6-9H2,1-2H3/t12-,13+/m0/s1. The van der Waals surface area contributed by atoms with E-state index < -0.39 is 0 Å².